The van der Waals surface area contributed by atoms with Crippen LogP contribution < -0.4 is 10.1 Å². The first-order chi connectivity index (χ1) is 13.3. The minimum Gasteiger partial charge on any atom is -0.490 e. The van der Waals surface area contributed by atoms with Crippen LogP contribution in [0.1, 0.15) is 18.4 Å². The first kappa shape index (κ1) is 20.6. The van der Waals surface area contributed by atoms with Crippen molar-refractivity contribution in [1.82, 2.24) is 4.90 Å². The Morgan fingerprint density at radius 2 is 2.18 bits per heavy atom. The number of rotatable bonds is 6. The van der Waals surface area contributed by atoms with Crippen LogP contribution in [0.4, 0.5) is 10.1 Å². The lowest BCUT2D eigenvalue weighted by Crippen LogP contribution is -2.53. The van der Waals surface area contributed by atoms with Crippen molar-refractivity contribution in [2.75, 3.05) is 31.6 Å². The van der Waals surface area contributed by atoms with Gasteiger partial charge in [-0.3, -0.25) is 9.69 Å². The van der Waals surface area contributed by atoms with Crippen LogP contribution in [-0.2, 0) is 4.79 Å². The first-order valence-corrected chi connectivity index (χ1v) is 9.60. The number of β-amino-alcohol motifs (C(OH)–C–C–N with tert-alkyl or cyclic N) is 1. The van der Waals surface area contributed by atoms with Gasteiger partial charge < -0.3 is 15.2 Å². The lowest BCUT2D eigenvalue weighted by Gasteiger charge is -2.38. The minimum absolute atomic E-state index is 0.120. The average molecular weight is 407 g/mol. The third kappa shape index (κ3) is 5.67. The summed E-state index contributed by atoms with van der Waals surface area (Å²) in [4.78, 5) is 14.3. The van der Waals surface area contributed by atoms with Crippen LogP contribution >= 0.6 is 11.6 Å². The molecule has 28 heavy (non-hydrogen) atoms. The summed E-state index contributed by atoms with van der Waals surface area (Å²) in [5, 5.41) is 14.2. The lowest BCUT2D eigenvalue weighted by atomic mass is 9.93. The second kappa shape index (κ2) is 8.90. The number of anilines is 1. The summed E-state index contributed by atoms with van der Waals surface area (Å²) in [6.07, 6.45) is 1.34. The highest BCUT2D eigenvalue weighted by molar-refractivity contribution is 6.30. The summed E-state index contributed by atoms with van der Waals surface area (Å²) in [6.45, 7) is 3.07. The molecule has 1 amide bonds. The fraction of sp³-hybridized carbons (Fsp3) is 0.381. The minimum atomic E-state index is -1.05. The van der Waals surface area contributed by atoms with Gasteiger partial charge in [-0.05, 0) is 62.2 Å². The number of nitrogens with zero attached hydrogens (tertiary/aromatic N) is 1. The number of carbonyl (C=O) groups is 1. The van der Waals surface area contributed by atoms with Crippen molar-refractivity contribution in [2.24, 2.45) is 0 Å². The molecule has 0 aliphatic carbocycles. The Labute approximate surface area is 169 Å². The summed E-state index contributed by atoms with van der Waals surface area (Å²) in [7, 11) is 0. The number of carbonyl (C=O) groups excluding carboxylic acids is 1. The van der Waals surface area contributed by atoms with E-state index < -0.39 is 11.4 Å². The molecule has 2 aromatic rings. The van der Waals surface area contributed by atoms with E-state index in [9.17, 15) is 14.3 Å². The largest absolute Gasteiger partial charge is 0.490 e. The summed E-state index contributed by atoms with van der Waals surface area (Å²) in [5.41, 5.74) is 0.205. The molecule has 2 N–H and O–H groups in total. The molecule has 1 unspecified atom stereocenters. The van der Waals surface area contributed by atoms with Crippen LogP contribution in [0.15, 0.2) is 42.5 Å². The van der Waals surface area contributed by atoms with E-state index in [4.69, 9.17) is 16.3 Å². The molecule has 0 aromatic heterocycles. The molecule has 5 nitrogen and oxygen atoms in total. The van der Waals surface area contributed by atoms with E-state index in [1.54, 1.807) is 30.3 Å². The van der Waals surface area contributed by atoms with Gasteiger partial charge in [0.05, 0.1) is 6.54 Å². The van der Waals surface area contributed by atoms with Crippen molar-refractivity contribution >= 4 is 23.2 Å². The number of piperidine rings is 1. The molecule has 0 saturated carbocycles. The van der Waals surface area contributed by atoms with Crippen molar-refractivity contribution in [3.8, 4) is 5.75 Å². The highest BCUT2D eigenvalue weighted by atomic mass is 35.5. The first-order valence-electron chi connectivity index (χ1n) is 9.22. The van der Waals surface area contributed by atoms with Gasteiger partial charge in [0.15, 0.2) is 0 Å². The third-order valence-corrected chi connectivity index (χ3v) is 5.01. The standard InChI is InChI=1S/C21H24ClFN2O3/c1-15-6-7-17(23)11-19(15)24-20(26)12-25-9-3-8-21(27,13-25)14-28-18-5-2-4-16(22)10-18/h2,4-7,10-11,27H,3,8-9,12-14H2,1H3,(H,24,26). The topological polar surface area (TPSA) is 61.8 Å². The van der Waals surface area contributed by atoms with E-state index in [1.807, 2.05) is 11.8 Å². The molecule has 1 aliphatic heterocycles. The molecular weight excluding hydrogens is 383 g/mol. The van der Waals surface area contributed by atoms with Gasteiger partial charge in [0.1, 0.15) is 23.8 Å². The summed E-state index contributed by atoms with van der Waals surface area (Å²) >= 11 is 5.95. The highest BCUT2D eigenvalue weighted by Gasteiger charge is 2.34. The Kier molecular flexibility index (Phi) is 6.54. The Balaban J connectivity index is 1.55. The predicted octanol–water partition coefficient (Wildman–Crippen LogP) is 3.63. The van der Waals surface area contributed by atoms with E-state index in [0.29, 0.717) is 36.0 Å². The van der Waals surface area contributed by atoms with Gasteiger partial charge in [0.2, 0.25) is 5.91 Å². The highest BCUT2D eigenvalue weighted by Crippen LogP contribution is 2.24. The molecule has 150 valence electrons. The quantitative estimate of drug-likeness (QED) is 0.769. The van der Waals surface area contributed by atoms with Gasteiger partial charge in [0.25, 0.3) is 0 Å². The number of halogens is 2. The van der Waals surface area contributed by atoms with Crippen molar-refractivity contribution in [3.05, 3.63) is 58.9 Å². The van der Waals surface area contributed by atoms with Crippen molar-refractivity contribution < 1.29 is 19.0 Å². The summed E-state index contributed by atoms with van der Waals surface area (Å²) < 4.78 is 19.1. The molecule has 0 spiro atoms. The fourth-order valence-corrected chi connectivity index (χ4v) is 3.54. The number of ether oxygens (including phenoxy) is 1. The van der Waals surface area contributed by atoms with Crippen LogP contribution in [0.5, 0.6) is 5.75 Å². The normalized spacial score (nSPS) is 20.0. The monoisotopic (exact) mass is 406 g/mol. The number of likely N-dealkylation sites (tertiary alicyclic amines) is 1. The maximum atomic E-state index is 13.4. The van der Waals surface area contributed by atoms with Gasteiger partial charge in [-0.15, -0.1) is 0 Å². The van der Waals surface area contributed by atoms with Crippen LogP contribution in [0.25, 0.3) is 0 Å². The van der Waals surface area contributed by atoms with E-state index in [1.165, 1.54) is 12.1 Å². The van der Waals surface area contributed by atoms with Crippen LogP contribution in [0.3, 0.4) is 0 Å². The number of amides is 1. The number of nitrogens with one attached hydrogen (secondary N) is 1. The lowest BCUT2D eigenvalue weighted by molar-refractivity contribution is -0.119. The van der Waals surface area contributed by atoms with Crippen LogP contribution in [-0.4, -0.2) is 47.8 Å². The maximum absolute atomic E-state index is 13.4. The molecule has 1 fully saturated rings. The molecule has 1 heterocycles. The van der Waals surface area contributed by atoms with E-state index >= 15 is 0 Å². The Morgan fingerprint density at radius 3 is 2.96 bits per heavy atom. The van der Waals surface area contributed by atoms with Gasteiger partial charge in [-0.2, -0.15) is 0 Å². The van der Waals surface area contributed by atoms with Crippen molar-refractivity contribution in [1.29, 1.82) is 0 Å². The molecular formula is C21H24ClFN2O3. The molecule has 7 heteroatoms. The molecule has 1 atom stereocenters. The van der Waals surface area contributed by atoms with E-state index in [2.05, 4.69) is 5.32 Å². The second-order valence-corrected chi connectivity index (χ2v) is 7.73. The van der Waals surface area contributed by atoms with Gasteiger partial charge >= 0.3 is 0 Å². The number of hydrogen-bond acceptors (Lipinski definition) is 4. The molecule has 2 aromatic carbocycles. The van der Waals surface area contributed by atoms with Crippen molar-refractivity contribution in [3.63, 3.8) is 0 Å². The second-order valence-electron chi connectivity index (χ2n) is 7.29. The molecule has 3 rings (SSSR count). The number of aryl methyl sites for hydroxylation is 1. The maximum Gasteiger partial charge on any atom is 0.238 e. The zero-order valence-electron chi connectivity index (χ0n) is 15.8. The third-order valence-electron chi connectivity index (χ3n) is 4.78. The average Bonchev–Trinajstić information content (AvgIpc) is 2.63. The van der Waals surface area contributed by atoms with Gasteiger partial charge in [-0.1, -0.05) is 23.7 Å². The summed E-state index contributed by atoms with van der Waals surface area (Å²) in [6, 6.07) is 11.3. The molecule has 0 bridgehead atoms. The molecule has 0 radical (unpaired) electrons. The van der Waals surface area contributed by atoms with E-state index in [-0.39, 0.29) is 19.1 Å². The predicted molar refractivity (Wildman–Crippen MR) is 107 cm³/mol. The number of hydrogen-bond donors (Lipinski definition) is 2. The zero-order valence-corrected chi connectivity index (χ0v) is 16.5. The number of aliphatic hydroxyl groups is 1. The summed E-state index contributed by atoms with van der Waals surface area (Å²) in [5.74, 6) is -0.0440. The Bertz CT molecular complexity index is 848. The van der Waals surface area contributed by atoms with Crippen LogP contribution in [0, 0.1) is 12.7 Å². The fourth-order valence-electron chi connectivity index (χ4n) is 3.36. The van der Waals surface area contributed by atoms with Gasteiger partial charge in [-0.25, -0.2) is 4.39 Å². The Morgan fingerprint density at radius 1 is 1.36 bits per heavy atom. The Hall–Kier alpha value is -2.15. The van der Waals surface area contributed by atoms with E-state index in [0.717, 1.165) is 12.0 Å². The SMILES string of the molecule is Cc1ccc(F)cc1NC(=O)CN1CCCC(O)(COc2cccc(Cl)c2)C1. The van der Waals surface area contributed by atoms with Gasteiger partial charge in [0, 0.05) is 17.3 Å². The van der Waals surface area contributed by atoms with Crippen LogP contribution in [0.2, 0.25) is 5.02 Å². The molecule has 1 aliphatic rings. The smallest absolute Gasteiger partial charge is 0.238 e. The zero-order chi connectivity index (χ0) is 20.1. The molecule has 1 saturated heterocycles. The van der Waals surface area contributed by atoms with Crippen molar-refractivity contribution in [2.45, 2.75) is 25.4 Å². The number of benzene rings is 2.